The van der Waals surface area contributed by atoms with Crippen LogP contribution in [0.2, 0.25) is 0 Å². The van der Waals surface area contributed by atoms with Crippen LogP contribution < -0.4 is 10.6 Å². The lowest BCUT2D eigenvalue weighted by Crippen LogP contribution is -2.41. The molecular weight excluding hydrogens is 273 g/mol. The summed E-state index contributed by atoms with van der Waals surface area (Å²) >= 11 is 6.47. The average Bonchev–Trinajstić information content (AvgIpc) is 2.82. The van der Waals surface area contributed by atoms with Crippen LogP contribution in [0.15, 0.2) is 29.3 Å². The van der Waals surface area contributed by atoms with Gasteiger partial charge in [-0.15, -0.1) is 0 Å². The van der Waals surface area contributed by atoms with Crippen molar-refractivity contribution in [3.63, 3.8) is 0 Å². The van der Waals surface area contributed by atoms with Gasteiger partial charge in [-0.05, 0) is 24.4 Å². The van der Waals surface area contributed by atoms with E-state index in [1.54, 1.807) is 6.07 Å². The molecule has 1 amide bonds. The standard InChI is InChI=1S/C11H10FN3OS2/c12-8-4-2-1-3-7(8)9(16)14-10(17)15-11-13-5-6-18-11/h1-4H,5-6H2,(H2,13,14,15,16,17). The maximum absolute atomic E-state index is 13.3. The zero-order valence-corrected chi connectivity index (χ0v) is 10.9. The van der Waals surface area contributed by atoms with Crippen molar-refractivity contribution in [1.29, 1.82) is 0 Å². The van der Waals surface area contributed by atoms with Crippen LogP contribution in [0.25, 0.3) is 0 Å². The first-order valence-electron chi connectivity index (χ1n) is 5.21. The van der Waals surface area contributed by atoms with Crippen LogP contribution in [0.1, 0.15) is 10.4 Å². The van der Waals surface area contributed by atoms with E-state index in [0.29, 0.717) is 5.17 Å². The predicted molar refractivity (Wildman–Crippen MR) is 74.4 cm³/mol. The van der Waals surface area contributed by atoms with Crippen LogP contribution in [0, 0.1) is 5.82 Å². The molecule has 0 unspecified atom stereocenters. The third kappa shape index (κ3) is 3.27. The van der Waals surface area contributed by atoms with Gasteiger partial charge in [0.1, 0.15) is 5.82 Å². The number of benzene rings is 1. The minimum absolute atomic E-state index is 0.0392. The molecule has 7 heteroatoms. The molecule has 4 nitrogen and oxygen atoms in total. The Morgan fingerprint density at radius 2 is 2.22 bits per heavy atom. The van der Waals surface area contributed by atoms with Gasteiger partial charge in [0.15, 0.2) is 10.3 Å². The Bertz CT molecular complexity index is 519. The molecule has 2 N–H and O–H groups in total. The lowest BCUT2D eigenvalue weighted by molar-refractivity contribution is 0.0973. The molecule has 0 spiro atoms. The van der Waals surface area contributed by atoms with Crippen molar-refractivity contribution in [2.75, 3.05) is 12.3 Å². The van der Waals surface area contributed by atoms with Gasteiger partial charge in [-0.25, -0.2) is 4.39 Å². The number of thioether (sulfide) groups is 1. The molecule has 94 valence electrons. The van der Waals surface area contributed by atoms with Gasteiger partial charge in [0.05, 0.1) is 12.1 Å². The minimum Gasteiger partial charge on any atom is -0.312 e. The summed E-state index contributed by atoms with van der Waals surface area (Å²) in [5.41, 5.74) is -0.0392. The number of amidine groups is 1. The van der Waals surface area contributed by atoms with E-state index in [1.807, 2.05) is 0 Å². The molecule has 1 aromatic rings. The van der Waals surface area contributed by atoms with E-state index in [0.717, 1.165) is 12.3 Å². The Hall–Kier alpha value is -1.47. The van der Waals surface area contributed by atoms with Crippen LogP contribution in [-0.2, 0) is 0 Å². The van der Waals surface area contributed by atoms with E-state index in [-0.39, 0.29) is 10.7 Å². The van der Waals surface area contributed by atoms with Crippen LogP contribution in [0.3, 0.4) is 0 Å². The van der Waals surface area contributed by atoms with Crippen LogP contribution >= 0.6 is 24.0 Å². The second kappa shape index (κ2) is 5.92. The lowest BCUT2D eigenvalue weighted by atomic mass is 10.2. The van der Waals surface area contributed by atoms with E-state index in [1.165, 1.54) is 30.0 Å². The second-order valence-electron chi connectivity index (χ2n) is 3.42. The highest BCUT2D eigenvalue weighted by molar-refractivity contribution is 8.14. The summed E-state index contributed by atoms with van der Waals surface area (Å²) in [7, 11) is 0. The number of nitrogens with zero attached hydrogens (tertiary/aromatic N) is 1. The molecule has 0 bridgehead atoms. The molecule has 1 heterocycles. The molecular formula is C11H10FN3OS2. The zero-order chi connectivity index (χ0) is 13.0. The molecule has 0 radical (unpaired) electrons. The number of amides is 1. The Labute approximate surface area is 113 Å². The van der Waals surface area contributed by atoms with E-state index in [2.05, 4.69) is 15.6 Å². The summed E-state index contributed by atoms with van der Waals surface area (Å²) < 4.78 is 13.3. The first kappa shape index (κ1) is 13.0. The van der Waals surface area contributed by atoms with E-state index in [4.69, 9.17) is 12.2 Å². The van der Waals surface area contributed by atoms with Crippen molar-refractivity contribution in [3.05, 3.63) is 35.6 Å². The van der Waals surface area contributed by atoms with E-state index >= 15 is 0 Å². The van der Waals surface area contributed by atoms with Crippen molar-refractivity contribution in [2.45, 2.75) is 0 Å². The Balaban J connectivity index is 1.95. The topological polar surface area (TPSA) is 53.5 Å². The number of rotatable bonds is 1. The summed E-state index contributed by atoms with van der Waals surface area (Å²) in [6, 6.07) is 5.73. The molecule has 1 aromatic carbocycles. The quantitative estimate of drug-likeness (QED) is 0.768. The van der Waals surface area contributed by atoms with Gasteiger partial charge < -0.3 is 5.32 Å². The smallest absolute Gasteiger partial charge is 0.260 e. The molecule has 0 aromatic heterocycles. The summed E-state index contributed by atoms with van der Waals surface area (Å²) in [4.78, 5) is 15.9. The number of carbonyl (C=O) groups is 1. The minimum atomic E-state index is -0.578. The van der Waals surface area contributed by atoms with Gasteiger partial charge in [-0.3, -0.25) is 15.1 Å². The highest BCUT2D eigenvalue weighted by Crippen LogP contribution is 2.09. The van der Waals surface area contributed by atoms with Gasteiger partial charge in [0, 0.05) is 5.75 Å². The first-order chi connectivity index (χ1) is 8.66. The zero-order valence-electron chi connectivity index (χ0n) is 9.27. The van der Waals surface area contributed by atoms with Crippen LogP contribution in [0.5, 0.6) is 0 Å². The van der Waals surface area contributed by atoms with Crippen molar-refractivity contribution in [2.24, 2.45) is 4.99 Å². The maximum Gasteiger partial charge on any atom is 0.260 e. The van der Waals surface area contributed by atoms with Crippen molar-refractivity contribution in [3.8, 4) is 0 Å². The van der Waals surface area contributed by atoms with Gasteiger partial charge in [-0.1, -0.05) is 23.9 Å². The molecule has 0 atom stereocenters. The molecule has 18 heavy (non-hydrogen) atoms. The van der Waals surface area contributed by atoms with Crippen molar-refractivity contribution in [1.82, 2.24) is 10.6 Å². The van der Waals surface area contributed by atoms with Gasteiger partial charge in [0.2, 0.25) is 0 Å². The predicted octanol–water partition coefficient (Wildman–Crippen LogP) is 1.53. The molecule has 0 saturated heterocycles. The van der Waals surface area contributed by atoms with E-state index < -0.39 is 11.7 Å². The van der Waals surface area contributed by atoms with Crippen molar-refractivity contribution < 1.29 is 9.18 Å². The molecule has 0 saturated carbocycles. The third-order valence-electron chi connectivity index (χ3n) is 2.15. The van der Waals surface area contributed by atoms with Crippen LogP contribution in [-0.4, -0.2) is 28.5 Å². The third-order valence-corrected chi connectivity index (χ3v) is 3.25. The fourth-order valence-electron chi connectivity index (χ4n) is 1.35. The Kier molecular flexibility index (Phi) is 4.27. The summed E-state index contributed by atoms with van der Waals surface area (Å²) in [6.45, 7) is 0.733. The number of aliphatic imine (C=N–C) groups is 1. The van der Waals surface area contributed by atoms with Crippen LogP contribution in [0.4, 0.5) is 4.39 Å². The molecule has 1 aliphatic heterocycles. The van der Waals surface area contributed by atoms with Gasteiger partial charge in [0.25, 0.3) is 5.91 Å². The largest absolute Gasteiger partial charge is 0.312 e. The number of carbonyl (C=O) groups excluding carboxylic acids is 1. The molecule has 1 aliphatic rings. The highest BCUT2D eigenvalue weighted by atomic mass is 32.2. The number of thiocarbonyl (C=S) groups is 1. The molecule has 2 rings (SSSR count). The first-order valence-corrected chi connectivity index (χ1v) is 6.60. The monoisotopic (exact) mass is 283 g/mol. The number of hydrogen-bond donors (Lipinski definition) is 2. The Morgan fingerprint density at radius 1 is 1.44 bits per heavy atom. The molecule has 0 aliphatic carbocycles. The summed E-state index contributed by atoms with van der Waals surface area (Å²) in [5, 5.41) is 6.00. The van der Waals surface area contributed by atoms with Crippen molar-refractivity contribution >= 4 is 40.2 Å². The number of nitrogens with one attached hydrogen (secondary N) is 2. The molecule has 0 fully saturated rings. The van der Waals surface area contributed by atoms with Gasteiger partial charge >= 0.3 is 0 Å². The highest BCUT2D eigenvalue weighted by Gasteiger charge is 2.14. The Morgan fingerprint density at radius 3 is 2.89 bits per heavy atom. The van der Waals surface area contributed by atoms with E-state index in [9.17, 15) is 9.18 Å². The maximum atomic E-state index is 13.3. The lowest BCUT2D eigenvalue weighted by Gasteiger charge is -2.08. The fraction of sp³-hybridized carbons (Fsp3) is 0.182. The normalized spacial score (nSPS) is 13.9. The summed E-state index contributed by atoms with van der Waals surface area (Å²) in [6.07, 6.45) is 0. The average molecular weight is 283 g/mol. The number of hydrogen-bond acceptors (Lipinski definition) is 4. The fourth-order valence-corrected chi connectivity index (χ4v) is 2.34. The summed E-state index contributed by atoms with van der Waals surface area (Å²) in [5.74, 6) is -0.258. The number of halogens is 1. The SMILES string of the molecule is O=C(NC(=S)NC1=NCCS1)c1ccccc1F. The second-order valence-corrected chi connectivity index (χ2v) is 4.92. The van der Waals surface area contributed by atoms with Gasteiger partial charge in [-0.2, -0.15) is 0 Å².